The van der Waals surface area contributed by atoms with E-state index in [-0.39, 0.29) is 30.5 Å². The number of alkyl halides is 3. The Hall–Kier alpha value is -6.33. The van der Waals surface area contributed by atoms with Gasteiger partial charge < -0.3 is 35.0 Å². The summed E-state index contributed by atoms with van der Waals surface area (Å²) in [5.41, 5.74) is 4.30. The van der Waals surface area contributed by atoms with Gasteiger partial charge in [0.15, 0.2) is 11.5 Å². The molecule has 4 heterocycles. The number of nitrogens with one attached hydrogen (secondary N) is 3. The fourth-order valence-electron chi connectivity index (χ4n) is 7.90. The molecule has 0 bridgehead atoms. The molecule has 0 spiro atoms. The first-order valence-corrected chi connectivity index (χ1v) is 19.5. The number of rotatable bonds is 15. The molecule has 0 saturated carbocycles. The van der Waals surface area contributed by atoms with E-state index in [2.05, 4.69) is 32.5 Å². The van der Waals surface area contributed by atoms with Crippen LogP contribution in [0.25, 0.3) is 5.70 Å². The zero-order chi connectivity index (χ0) is 42.9. The van der Waals surface area contributed by atoms with Crippen molar-refractivity contribution in [1.82, 2.24) is 30.2 Å². The molecule has 14 nitrogen and oxygen atoms in total. The molecule has 3 aromatic carbocycles. The van der Waals surface area contributed by atoms with Crippen LogP contribution in [0, 0.1) is 0 Å². The first-order chi connectivity index (χ1) is 28.7. The highest BCUT2D eigenvalue weighted by molar-refractivity contribution is 5.90. The van der Waals surface area contributed by atoms with Crippen LogP contribution in [0.4, 0.5) is 30.6 Å². The lowest BCUT2D eigenvalue weighted by atomic mass is 10.0. The van der Waals surface area contributed by atoms with Crippen LogP contribution in [0.15, 0.2) is 79.4 Å². The summed E-state index contributed by atoms with van der Waals surface area (Å²) in [4.78, 5) is 27.9. The molecule has 0 fully saturated rings. The molecule has 2 aliphatic heterocycles. The van der Waals surface area contributed by atoms with Crippen LogP contribution >= 0.6 is 0 Å². The predicted octanol–water partition coefficient (Wildman–Crippen LogP) is 6.42. The van der Waals surface area contributed by atoms with Gasteiger partial charge in [-0.2, -0.15) is 23.4 Å². The van der Waals surface area contributed by atoms with E-state index in [0.29, 0.717) is 54.4 Å². The summed E-state index contributed by atoms with van der Waals surface area (Å²) in [5, 5.41) is 29.8. The number of esters is 2. The Morgan fingerprint density at radius 1 is 0.800 bits per heavy atom. The lowest BCUT2D eigenvalue weighted by molar-refractivity contribution is -0.143. The third-order valence-corrected chi connectivity index (χ3v) is 10.9. The Morgan fingerprint density at radius 2 is 1.32 bits per heavy atom. The lowest BCUT2D eigenvalue weighted by Crippen LogP contribution is -2.29. The fourth-order valence-corrected chi connectivity index (χ4v) is 7.90. The van der Waals surface area contributed by atoms with Crippen molar-refractivity contribution in [2.75, 3.05) is 49.5 Å². The van der Waals surface area contributed by atoms with E-state index >= 15 is 0 Å². The number of aliphatic hydroxyl groups excluding tert-OH is 1. The molecule has 3 atom stereocenters. The second-order valence-electron chi connectivity index (χ2n) is 14.9. The molecule has 5 aromatic rings. The number of halogens is 3. The van der Waals surface area contributed by atoms with Gasteiger partial charge in [0, 0.05) is 51.0 Å². The van der Waals surface area contributed by atoms with E-state index in [0.717, 1.165) is 28.1 Å². The average Bonchev–Trinajstić information content (AvgIpc) is 4.02. The van der Waals surface area contributed by atoms with Crippen LogP contribution in [0.5, 0.6) is 0 Å². The van der Waals surface area contributed by atoms with E-state index in [1.165, 1.54) is 18.9 Å². The maximum absolute atomic E-state index is 14.5. The number of carbonyl (C=O) groups is 2. The van der Waals surface area contributed by atoms with Crippen molar-refractivity contribution in [1.29, 1.82) is 0 Å². The van der Waals surface area contributed by atoms with Gasteiger partial charge in [0.2, 0.25) is 0 Å². The van der Waals surface area contributed by atoms with Crippen LogP contribution in [0.1, 0.15) is 91.9 Å². The molecule has 0 amide bonds. The standard InChI is InChI=1S/C43H48F3N9O5/c1-25(30-10-14-32(15-11-30)41(57)59-5)48-27(3)34-37(47-4)51-55-21-19-52(39(34)55)23-28-8-7-9-29(22-28)24-53-18-20-54-40(53)35(36(50-54)43(44,45)46)38(56)49-26(2)31-12-16-33(17-13-31)42(58)60-6/h7-17,22,25-26,38,48-49,56H,3,18-21,23-24H2,1-2,4-6H3,(H,47,51)/t25-,26-,38?/m0/s1. The Labute approximate surface area is 345 Å². The van der Waals surface area contributed by atoms with Gasteiger partial charge in [-0.05, 0) is 60.4 Å². The molecular formula is C43H48F3N9O5. The number of aliphatic hydroxyl groups is 1. The van der Waals surface area contributed by atoms with Crippen molar-refractivity contribution in [3.63, 3.8) is 0 Å². The van der Waals surface area contributed by atoms with Crippen molar-refractivity contribution in [2.24, 2.45) is 0 Å². The molecule has 316 valence electrons. The van der Waals surface area contributed by atoms with Gasteiger partial charge in [-0.3, -0.25) is 5.32 Å². The quantitative estimate of drug-likeness (QED) is 0.0682. The minimum absolute atomic E-state index is 0.141. The van der Waals surface area contributed by atoms with E-state index in [9.17, 15) is 27.9 Å². The van der Waals surface area contributed by atoms with Crippen molar-refractivity contribution in [2.45, 2.75) is 64.5 Å². The molecule has 2 aliphatic rings. The number of anilines is 3. The van der Waals surface area contributed by atoms with Crippen LogP contribution in [0.2, 0.25) is 0 Å². The van der Waals surface area contributed by atoms with Gasteiger partial charge in [-0.15, -0.1) is 0 Å². The Morgan fingerprint density at radius 3 is 1.83 bits per heavy atom. The molecule has 1 unspecified atom stereocenters. The molecule has 0 saturated heterocycles. The molecule has 17 heteroatoms. The summed E-state index contributed by atoms with van der Waals surface area (Å²) in [6.07, 6.45) is -6.51. The molecule has 0 radical (unpaired) electrons. The number of fused-ring (bicyclic) bond motifs is 2. The highest BCUT2D eigenvalue weighted by Crippen LogP contribution is 2.42. The van der Waals surface area contributed by atoms with Crippen molar-refractivity contribution in [3.05, 3.63) is 130 Å². The van der Waals surface area contributed by atoms with Crippen molar-refractivity contribution < 1.29 is 37.3 Å². The van der Waals surface area contributed by atoms with E-state index in [1.807, 2.05) is 60.0 Å². The summed E-state index contributed by atoms with van der Waals surface area (Å²) in [7, 11) is 4.44. The van der Waals surface area contributed by atoms with Crippen LogP contribution in [0.3, 0.4) is 0 Å². The second-order valence-corrected chi connectivity index (χ2v) is 14.9. The number of hydrogen-bond donors (Lipinski definition) is 4. The number of aromatic nitrogens is 4. The highest BCUT2D eigenvalue weighted by atomic mass is 19.4. The van der Waals surface area contributed by atoms with Gasteiger partial charge in [0.1, 0.15) is 17.9 Å². The zero-order valence-electron chi connectivity index (χ0n) is 34.0. The molecule has 7 rings (SSSR count). The normalized spacial score (nSPS) is 14.9. The minimum atomic E-state index is -4.81. The fraction of sp³-hybridized carbons (Fsp3) is 0.349. The van der Waals surface area contributed by atoms with E-state index in [1.54, 1.807) is 43.3 Å². The Kier molecular flexibility index (Phi) is 11.9. The number of benzene rings is 3. The third-order valence-electron chi connectivity index (χ3n) is 10.9. The monoisotopic (exact) mass is 827 g/mol. The van der Waals surface area contributed by atoms with Gasteiger partial charge in [0.05, 0.1) is 49.6 Å². The van der Waals surface area contributed by atoms with Gasteiger partial charge >= 0.3 is 18.1 Å². The average molecular weight is 828 g/mol. The van der Waals surface area contributed by atoms with Crippen molar-refractivity contribution >= 4 is 35.1 Å². The summed E-state index contributed by atoms with van der Waals surface area (Å²) in [6.45, 7) is 10.9. The molecule has 60 heavy (non-hydrogen) atoms. The second kappa shape index (κ2) is 17.1. The summed E-state index contributed by atoms with van der Waals surface area (Å²) >= 11 is 0. The minimum Gasteiger partial charge on any atom is -0.465 e. The predicted molar refractivity (Wildman–Crippen MR) is 220 cm³/mol. The highest BCUT2D eigenvalue weighted by Gasteiger charge is 2.44. The van der Waals surface area contributed by atoms with E-state index < -0.39 is 36.1 Å². The number of hydrogen-bond acceptors (Lipinski definition) is 12. The topological polar surface area (TPSA) is 151 Å². The number of carbonyl (C=O) groups excluding carboxylic acids is 2. The maximum atomic E-state index is 14.5. The maximum Gasteiger partial charge on any atom is 0.435 e. The molecule has 4 N–H and O–H groups in total. The van der Waals surface area contributed by atoms with Gasteiger partial charge in [-0.1, -0.05) is 55.1 Å². The molecule has 2 aromatic heterocycles. The summed E-state index contributed by atoms with van der Waals surface area (Å²) in [6, 6.07) is 20.8. The van der Waals surface area contributed by atoms with Gasteiger partial charge in [0.25, 0.3) is 0 Å². The SMILES string of the molecule is C=C(N[C@@H](C)c1ccc(C(=O)OC)cc1)c1c(NC)nn2c1N(Cc1cccc(CN3CCn4nc(C(F)(F)F)c(C(O)N[C@@H](C)c5ccc(C(=O)OC)cc5)c43)c1)CC2. The van der Waals surface area contributed by atoms with Crippen LogP contribution in [-0.4, -0.2) is 71.0 Å². The molecule has 0 aliphatic carbocycles. The smallest absolute Gasteiger partial charge is 0.435 e. The van der Waals surface area contributed by atoms with E-state index in [4.69, 9.17) is 14.6 Å². The summed E-state index contributed by atoms with van der Waals surface area (Å²) < 4.78 is 56.2. The lowest BCUT2D eigenvalue weighted by Gasteiger charge is -2.25. The first-order valence-electron chi connectivity index (χ1n) is 19.5. The van der Waals surface area contributed by atoms with Gasteiger partial charge in [-0.25, -0.2) is 19.0 Å². The first kappa shape index (κ1) is 41.8. The summed E-state index contributed by atoms with van der Waals surface area (Å²) in [5.74, 6) is 0.867. The third kappa shape index (κ3) is 8.40. The van der Waals surface area contributed by atoms with Crippen LogP contribution in [-0.2, 0) is 41.8 Å². The van der Waals surface area contributed by atoms with Crippen LogP contribution < -0.4 is 25.8 Å². The largest absolute Gasteiger partial charge is 0.465 e. The number of ether oxygens (including phenoxy) is 2. The number of methoxy groups -OCH3 is 2. The van der Waals surface area contributed by atoms with Crippen molar-refractivity contribution in [3.8, 4) is 0 Å². The molecular weight excluding hydrogens is 780 g/mol. The Bertz CT molecular complexity index is 2380. The zero-order valence-corrected chi connectivity index (χ0v) is 34.0. The Balaban J connectivity index is 1.08. The number of nitrogens with zero attached hydrogens (tertiary/aromatic N) is 6.